The highest BCUT2D eigenvalue weighted by Gasteiger charge is 2.27. The fourth-order valence-electron chi connectivity index (χ4n) is 2.64. The number of sulfonamides is 1. The maximum absolute atomic E-state index is 12.9. The van der Waals surface area contributed by atoms with Gasteiger partial charge < -0.3 is 19.5 Å². The Bertz CT molecular complexity index is 928. The third kappa shape index (κ3) is 5.85. The largest absolute Gasteiger partial charge is 0.497 e. The first-order valence-corrected chi connectivity index (χ1v) is 10.3. The molecule has 29 heavy (non-hydrogen) atoms. The van der Waals surface area contributed by atoms with E-state index >= 15 is 0 Å². The van der Waals surface area contributed by atoms with E-state index in [4.69, 9.17) is 14.2 Å². The van der Waals surface area contributed by atoms with Crippen LogP contribution in [0.15, 0.2) is 47.4 Å². The zero-order valence-electron chi connectivity index (χ0n) is 17.0. The van der Waals surface area contributed by atoms with Crippen molar-refractivity contribution in [2.24, 2.45) is 0 Å². The lowest BCUT2D eigenvalue weighted by Gasteiger charge is -2.19. The normalized spacial score (nSPS) is 11.2. The van der Waals surface area contributed by atoms with Crippen LogP contribution in [0.2, 0.25) is 0 Å². The summed E-state index contributed by atoms with van der Waals surface area (Å²) in [4.78, 5) is 12.1. The van der Waals surface area contributed by atoms with E-state index < -0.39 is 15.9 Å². The van der Waals surface area contributed by atoms with Gasteiger partial charge in [-0.25, -0.2) is 8.42 Å². The zero-order chi connectivity index (χ0) is 21.4. The Morgan fingerprint density at radius 2 is 1.59 bits per heavy atom. The fourth-order valence-corrected chi connectivity index (χ4v) is 3.93. The molecule has 158 valence electrons. The van der Waals surface area contributed by atoms with Crippen molar-refractivity contribution in [3.05, 3.63) is 48.0 Å². The number of hydrogen-bond acceptors (Lipinski definition) is 6. The van der Waals surface area contributed by atoms with Crippen LogP contribution in [0.4, 0.5) is 0 Å². The molecule has 0 heterocycles. The Hall–Kier alpha value is -2.78. The molecule has 8 nitrogen and oxygen atoms in total. The van der Waals surface area contributed by atoms with Crippen molar-refractivity contribution in [2.45, 2.75) is 11.3 Å². The molecule has 0 saturated carbocycles. The van der Waals surface area contributed by atoms with Gasteiger partial charge in [-0.3, -0.25) is 4.79 Å². The highest BCUT2D eigenvalue weighted by atomic mass is 32.2. The molecule has 0 bridgehead atoms. The summed E-state index contributed by atoms with van der Waals surface area (Å²) < 4.78 is 42.1. The predicted molar refractivity (Wildman–Crippen MR) is 109 cm³/mol. The molecular formula is C20H26N2O6S. The number of nitrogens with zero attached hydrogens (tertiary/aromatic N) is 1. The number of methoxy groups -OCH3 is 3. The van der Waals surface area contributed by atoms with Crippen LogP contribution in [-0.4, -0.2) is 60.1 Å². The number of benzene rings is 2. The van der Waals surface area contributed by atoms with E-state index in [0.29, 0.717) is 18.7 Å². The van der Waals surface area contributed by atoms with Crippen LogP contribution >= 0.6 is 0 Å². The molecule has 2 rings (SSSR count). The van der Waals surface area contributed by atoms with Gasteiger partial charge >= 0.3 is 0 Å². The number of carbonyl (C=O) groups is 1. The molecule has 1 N–H and O–H groups in total. The fraction of sp³-hybridized carbons (Fsp3) is 0.350. The topological polar surface area (TPSA) is 94.2 Å². The average molecular weight is 423 g/mol. The van der Waals surface area contributed by atoms with Gasteiger partial charge in [0.25, 0.3) is 0 Å². The maximum atomic E-state index is 12.9. The zero-order valence-corrected chi connectivity index (χ0v) is 17.8. The van der Waals surface area contributed by atoms with E-state index in [-0.39, 0.29) is 17.2 Å². The Morgan fingerprint density at radius 3 is 2.17 bits per heavy atom. The average Bonchev–Trinajstić information content (AvgIpc) is 2.73. The summed E-state index contributed by atoms with van der Waals surface area (Å²) >= 11 is 0. The Kier molecular flexibility index (Phi) is 7.86. The summed E-state index contributed by atoms with van der Waals surface area (Å²) in [7, 11) is 1.83. The lowest BCUT2D eigenvalue weighted by atomic mass is 10.1. The summed E-state index contributed by atoms with van der Waals surface area (Å²) in [6.45, 7) is 0.0762. The summed E-state index contributed by atoms with van der Waals surface area (Å²) in [6.07, 6.45) is 0.621. The quantitative estimate of drug-likeness (QED) is 0.626. The van der Waals surface area contributed by atoms with Gasteiger partial charge in [0.05, 0.1) is 27.9 Å². The first kappa shape index (κ1) is 22.5. The van der Waals surface area contributed by atoms with Crippen LogP contribution in [0.1, 0.15) is 5.56 Å². The van der Waals surface area contributed by atoms with Crippen molar-refractivity contribution < 1.29 is 27.4 Å². The van der Waals surface area contributed by atoms with Crippen molar-refractivity contribution in [3.8, 4) is 17.2 Å². The number of hydrogen-bond donors (Lipinski definition) is 1. The molecule has 2 aromatic rings. The molecule has 0 radical (unpaired) electrons. The van der Waals surface area contributed by atoms with Crippen LogP contribution in [0, 0.1) is 0 Å². The van der Waals surface area contributed by atoms with E-state index in [1.165, 1.54) is 33.4 Å². The van der Waals surface area contributed by atoms with Crippen molar-refractivity contribution in [1.82, 2.24) is 9.62 Å². The smallest absolute Gasteiger partial charge is 0.247 e. The van der Waals surface area contributed by atoms with E-state index in [2.05, 4.69) is 5.32 Å². The summed E-state index contributed by atoms with van der Waals surface area (Å²) in [5, 5.41) is 2.73. The number of carbonyl (C=O) groups excluding carboxylic acids is 1. The molecule has 0 saturated heterocycles. The first-order valence-electron chi connectivity index (χ1n) is 8.89. The van der Waals surface area contributed by atoms with Gasteiger partial charge in [0.1, 0.15) is 22.1 Å². The van der Waals surface area contributed by atoms with Crippen LogP contribution in [0.3, 0.4) is 0 Å². The number of likely N-dealkylation sites (N-methyl/N-ethyl adjacent to an activating group) is 1. The number of rotatable bonds is 10. The minimum atomic E-state index is -3.94. The van der Waals surface area contributed by atoms with E-state index in [0.717, 1.165) is 15.6 Å². The van der Waals surface area contributed by atoms with Gasteiger partial charge in [-0.1, -0.05) is 12.1 Å². The SMILES string of the molecule is COc1ccc(CCNC(=O)CN(C)S(=O)(=O)c2cc(OC)ccc2OC)cc1. The van der Waals surface area contributed by atoms with E-state index in [9.17, 15) is 13.2 Å². The predicted octanol–water partition coefficient (Wildman–Crippen LogP) is 1.69. The minimum Gasteiger partial charge on any atom is -0.497 e. The molecule has 0 spiro atoms. The van der Waals surface area contributed by atoms with Crippen molar-refractivity contribution in [2.75, 3.05) is 41.5 Å². The molecule has 2 aromatic carbocycles. The Labute approximate surface area is 171 Å². The standard InChI is InChI=1S/C20H26N2O6S/c1-22(29(24,25)19-13-17(27-3)9-10-18(19)28-4)14-20(23)21-12-11-15-5-7-16(26-2)8-6-15/h5-10,13H,11-12,14H2,1-4H3,(H,21,23). The molecule has 0 unspecified atom stereocenters. The van der Waals surface area contributed by atoms with Gasteiger partial charge in [0.2, 0.25) is 15.9 Å². The second kappa shape index (κ2) is 10.1. The van der Waals surface area contributed by atoms with Gasteiger partial charge in [0, 0.05) is 19.7 Å². The summed E-state index contributed by atoms with van der Waals surface area (Å²) in [5.74, 6) is 0.920. The maximum Gasteiger partial charge on any atom is 0.247 e. The lowest BCUT2D eigenvalue weighted by molar-refractivity contribution is -0.121. The summed E-state index contributed by atoms with van der Waals surface area (Å²) in [6, 6.07) is 12.0. The van der Waals surface area contributed by atoms with Gasteiger partial charge in [-0.05, 0) is 36.2 Å². The molecule has 0 aliphatic rings. The van der Waals surface area contributed by atoms with Gasteiger partial charge in [0.15, 0.2) is 0 Å². The van der Waals surface area contributed by atoms with Crippen molar-refractivity contribution >= 4 is 15.9 Å². The lowest BCUT2D eigenvalue weighted by Crippen LogP contribution is -2.39. The molecular weight excluding hydrogens is 396 g/mol. The van der Waals surface area contributed by atoms with Crippen molar-refractivity contribution in [1.29, 1.82) is 0 Å². The molecule has 0 aliphatic carbocycles. The molecule has 0 aliphatic heterocycles. The van der Waals surface area contributed by atoms with Crippen LogP contribution < -0.4 is 19.5 Å². The minimum absolute atomic E-state index is 0.0621. The van der Waals surface area contributed by atoms with E-state index in [1.807, 2.05) is 24.3 Å². The number of amides is 1. The summed E-state index contributed by atoms with van der Waals surface area (Å²) in [5.41, 5.74) is 1.04. The van der Waals surface area contributed by atoms with Gasteiger partial charge in [-0.15, -0.1) is 0 Å². The van der Waals surface area contributed by atoms with Crippen LogP contribution in [0.25, 0.3) is 0 Å². The second-order valence-corrected chi connectivity index (χ2v) is 8.24. The number of nitrogens with one attached hydrogen (secondary N) is 1. The monoisotopic (exact) mass is 422 g/mol. The van der Waals surface area contributed by atoms with E-state index in [1.54, 1.807) is 13.2 Å². The Balaban J connectivity index is 1.97. The second-order valence-electron chi connectivity index (χ2n) is 6.23. The molecule has 0 fully saturated rings. The third-order valence-electron chi connectivity index (χ3n) is 4.32. The first-order chi connectivity index (χ1) is 13.8. The van der Waals surface area contributed by atoms with Crippen molar-refractivity contribution in [3.63, 3.8) is 0 Å². The molecule has 1 amide bonds. The highest BCUT2D eigenvalue weighted by Crippen LogP contribution is 2.30. The molecule has 9 heteroatoms. The Morgan fingerprint density at radius 1 is 0.966 bits per heavy atom. The third-order valence-corrected chi connectivity index (χ3v) is 6.14. The van der Waals surface area contributed by atoms with Crippen LogP contribution in [0.5, 0.6) is 17.2 Å². The van der Waals surface area contributed by atoms with Crippen LogP contribution in [-0.2, 0) is 21.2 Å². The molecule has 0 aromatic heterocycles. The molecule has 0 atom stereocenters. The van der Waals surface area contributed by atoms with Gasteiger partial charge in [-0.2, -0.15) is 4.31 Å². The number of ether oxygens (including phenoxy) is 3. The highest BCUT2D eigenvalue weighted by molar-refractivity contribution is 7.89.